The van der Waals surface area contributed by atoms with Crippen LogP contribution in [0.3, 0.4) is 0 Å². The van der Waals surface area contributed by atoms with Crippen molar-refractivity contribution in [3.05, 3.63) is 36.9 Å². The molecule has 20 nitrogen and oxygen atoms in total. The smallest absolute Gasteiger partial charge is 0.414 e. The van der Waals surface area contributed by atoms with Crippen molar-refractivity contribution in [2.45, 2.75) is 64.2 Å². The standard InChI is InChI=1S/C33H50N8O4.2C2H2O4/c42-29(44-25-5-3-15-38-17-21-40(22-18-38)31-34-11-7-12-35-31)27-33(9-1-2-10-33)28-30(43)45-26-6-4-16-39-19-23-41(24-20-39)32-36-13-8-14-37-32;2*3-1(4)2(5)6/h7-8,11-14H,1-6,9-10,15-28H2;2*(H,3,4)(H,5,6). The Hall–Kier alpha value is -5.50. The summed E-state index contributed by atoms with van der Waals surface area (Å²) in [6.45, 7) is 10.5. The lowest BCUT2D eigenvalue weighted by atomic mass is 9.79. The molecule has 1 aliphatic carbocycles. The van der Waals surface area contributed by atoms with Gasteiger partial charge in [-0.25, -0.2) is 39.1 Å². The van der Waals surface area contributed by atoms with E-state index in [1.165, 1.54) is 0 Å². The normalized spacial score (nSPS) is 16.6. The highest BCUT2D eigenvalue weighted by Gasteiger charge is 2.39. The largest absolute Gasteiger partial charge is 0.473 e. The summed E-state index contributed by atoms with van der Waals surface area (Å²) in [6, 6.07) is 3.68. The van der Waals surface area contributed by atoms with Crippen LogP contribution in [0.2, 0.25) is 0 Å². The third-order valence-corrected chi connectivity index (χ3v) is 9.75. The Morgan fingerprint density at radius 3 is 1.18 bits per heavy atom. The number of anilines is 2. The Morgan fingerprint density at radius 2 is 0.860 bits per heavy atom. The predicted molar refractivity (Wildman–Crippen MR) is 202 cm³/mol. The summed E-state index contributed by atoms with van der Waals surface area (Å²) in [7, 11) is 0. The summed E-state index contributed by atoms with van der Waals surface area (Å²) >= 11 is 0. The van der Waals surface area contributed by atoms with Crippen LogP contribution in [0.4, 0.5) is 11.9 Å². The van der Waals surface area contributed by atoms with Crippen molar-refractivity contribution < 1.29 is 58.7 Å². The number of piperazine rings is 2. The van der Waals surface area contributed by atoms with Crippen LogP contribution in [0.25, 0.3) is 0 Å². The summed E-state index contributed by atoms with van der Waals surface area (Å²) in [4.78, 5) is 88.6. The lowest BCUT2D eigenvalue weighted by Gasteiger charge is -2.34. The average molecular weight is 803 g/mol. The molecule has 3 fully saturated rings. The molecule has 2 aromatic rings. The van der Waals surface area contributed by atoms with Crippen LogP contribution >= 0.6 is 0 Å². The minimum Gasteiger partial charge on any atom is -0.473 e. The molecule has 4 heterocycles. The van der Waals surface area contributed by atoms with E-state index in [0.717, 1.165) is 129 Å². The van der Waals surface area contributed by atoms with Crippen LogP contribution in [-0.4, -0.2) is 165 Å². The Bertz CT molecular complexity index is 1420. The van der Waals surface area contributed by atoms with Crippen LogP contribution in [0.5, 0.6) is 0 Å². The van der Waals surface area contributed by atoms with Gasteiger partial charge in [-0.1, -0.05) is 12.8 Å². The monoisotopic (exact) mass is 802 g/mol. The number of aliphatic carboxylic acids is 4. The number of carboxylic acid groups (broad SMARTS) is 4. The third kappa shape index (κ3) is 17.9. The molecule has 2 saturated heterocycles. The fourth-order valence-corrected chi connectivity index (χ4v) is 6.75. The van der Waals surface area contributed by atoms with Crippen molar-refractivity contribution in [1.82, 2.24) is 29.7 Å². The average Bonchev–Trinajstić information content (AvgIpc) is 3.66. The van der Waals surface area contributed by atoms with Gasteiger partial charge in [0.15, 0.2) is 0 Å². The number of carboxylic acids is 4. The van der Waals surface area contributed by atoms with E-state index < -0.39 is 23.9 Å². The Labute approximate surface area is 330 Å². The van der Waals surface area contributed by atoms with E-state index in [-0.39, 0.29) is 17.4 Å². The summed E-state index contributed by atoms with van der Waals surface area (Å²) in [5.74, 6) is -6.06. The molecule has 0 atom stereocenters. The summed E-state index contributed by atoms with van der Waals surface area (Å²) in [5.41, 5.74) is -0.307. The summed E-state index contributed by atoms with van der Waals surface area (Å²) in [5, 5.41) is 29.6. The maximum atomic E-state index is 12.8. The number of unbranched alkanes of at least 4 members (excludes halogenated alkanes) is 2. The third-order valence-electron chi connectivity index (χ3n) is 9.75. The van der Waals surface area contributed by atoms with E-state index in [0.29, 0.717) is 26.1 Å². The highest BCUT2D eigenvalue weighted by atomic mass is 16.5. The highest BCUT2D eigenvalue weighted by molar-refractivity contribution is 6.27. The van der Waals surface area contributed by atoms with Gasteiger partial charge in [0, 0.05) is 77.1 Å². The first-order valence-corrected chi connectivity index (χ1v) is 19.1. The number of ether oxygens (including phenoxy) is 2. The van der Waals surface area contributed by atoms with E-state index >= 15 is 0 Å². The van der Waals surface area contributed by atoms with Gasteiger partial charge >= 0.3 is 35.8 Å². The number of hydrogen-bond acceptors (Lipinski definition) is 16. The van der Waals surface area contributed by atoms with E-state index in [4.69, 9.17) is 49.1 Å². The molecule has 2 aliphatic heterocycles. The van der Waals surface area contributed by atoms with Gasteiger partial charge in [-0.15, -0.1) is 0 Å². The number of hydrogen-bond donors (Lipinski definition) is 4. The van der Waals surface area contributed by atoms with Crippen molar-refractivity contribution in [2.24, 2.45) is 5.41 Å². The maximum absolute atomic E-state index is 12.8. The number of esters is 2. The fourth-order valence-electron chi connectivity index (χ4n) is 6.75. The number of carbonyl (C=O) groups excluding carboxylic acids is 2. The second-order valence-electron chi connectivity index (χ2n) is 13.9. The van der Waals surface area contributed by atoms with Crippen molar-refractivity contribution in [2.75, 3.05) is 88.5 Å². The molecule has 5 rings (SSSR count). The van der Waals surface area contributed by atoms with Crippen LogP contribution in [0.1, 0.15) is 64.2 Å². The van der Waals surface area contributed by atoms with E-state index in [1.807, 2.05) is 12.1 Å². The van der Waals surface area contributed by atoms with Gasteiger partial charge in [-0.05, 0) is 69.2 Å². The minimum atomic E-state index is -1.82. The second-order valence-corrected chi connectivity index (χ2v) is 13.9. The molecular weight excluding hydrogens is 748 g/mol. The molecule has 20 heteroatoms. The van der Waals surface area contributed by atoms with Crippen molar-refractivity contribution in [1.29, 1.82) is 0 Å². The van der Waals surface area contributed by atoms with Gasteiger partial charge in [-0.3, -0.25) is 19.4 Å². The number of aromatic nitrogens is 4. The summed E-state index contributed by atoms with van der Waals surface area (Å²) < 4.78 is 11.3. The Balaban J connectivity index is 0.000000631. The van der Waals surface area contributed by atoms with Crippen LogP contribution < -0.4 is 9.80 Å². The van der Waals surface area contributed by atoms with Gasteiger partial charge in [0.05, 0.1) is 26.1 Å². The molecule has 314 valence electrons. The quantitative estimate of drug-likeness (QED) is 0.106. The SMILES string of the molecule is O=C(CC1(CC(=O)OCCCCN2CCN(c3ncccn3)CC2)CCCC1)OCCCCN1CCN(c2ncccn2)CC1.O=C(O)C(=O)O.O=C(O)C(=O)O. The van der Waals surface area contributed by atoms with Gasteiger partial charge in [-0.2, -0.15) is 0 Å². The molecule has 0 bridgehead atoms. The Kier molecular flexibility index (Phi) is 20.0. The maximum Gasteiger partial charge on any atom is 0.414 e. The van der Waals surface area contributed by atoms with E-state index in [1.54, 1.807) is 24.8 Å². The second kappa shape index (κ2) is 24.9. The molecule has 0 unspecified atom stereocenters. The van der Waals surface area contributed by atoms with E-state index in [2.05, 4.69) is 39.5 Å². The Morgan fingerprint density at radius 1 is 0.526 bits per heavy atom. The molecule has 0 radical (unpaired) electrons. The predicted octanol–water partition coefficient (Wildman–Crippen LogP) is 1.51. The molecule has 0 amide bonds. The first-order chi connectivity index (χ1) is 27.4. The van der Waals surface area contributed by atoms with E-state index in [9.17, 15) is 9.59 Å². The fraction of sp³-hybridized carbons (Fsp3) is 0.622. The number of carbonyl (C=O) groups is 6. The van der Waals surface area contributed by atoms with Crippen LogP contribution in [0, 0.1) is 5.41 Å². The molecule has 4 N–H and O–H groups in total. The number of rotatable bonds is 16. The molecule has 57 heavy (non-hydrogen) atoms. The number of nitrogens with zero attached hydrogens (tertiary/aromatic N) is 8. The van der Waals surface area contributed by atoms with Crippen molar-refractivity contribution in [3.8, 4) is 0 Å². The van der Waals surface area contributed by atoms with Crippen LogP contribution in [0.15, 0.2) is 36.9 Å². The minimum absolute atomic E-state index is 0.180. The van der Waals surface area contributed by atoms with Gasteiger partial charge in [0.2, 0.25) is 11.9 Å². The van der Waals surface area contributed by atoms with Gasteiger partial charge in [0.25, 0.3) is 0 Å². The zero-order valence-corrected chi connectivity index (χ0v) is 32.2. The lowest BCUT2D eigenvalue weighted by molar-refractivity contribution is -0.159. The molecule has 0 spiro atoms. The molecule has 3 aliphatic rings. The lowest BCUT2D eigenvalue weighted by Crippen LogP contribution is -2.47. The first kappa shape index (κ1) is 45.9. The zero-order chi connectivity index (χ0) is 41.5. The van der Waals surface area contributed by atoms with Crippen molar-refractivity contribution in [3.63, 3.8) is 0 Å². The van der Waals surface area contributed by atoms with Gasteiger partial charge in [0.1, 0.15) is 0 Å². The topological polar surface area (TPSA) is 266 Å². The van der Waals surface area contributed by atoms with Crippen LogP contribution in [-0.2, 0) is 38.2 Å². The zero-order valence-electron chi connectivity index (χ0n) is 32.2. The summed E-state index contributed by atoms with van der Waals surface area (Å²) in [6.07, 6.45) is 15.3. The molecule has 1 saturated carbocycles. The van der Waals surface area contributed by atoms with Crippen molar-refractivity contribution >= 4 is 47.7 Å². The molecule has 0 aromatic carbocycles. The first-order valence-electron chi connectivity index (χ1n) is 19.1. The molecular formula is C37H54N8O12. The molecule has 2 aromatic heterocycles. The highest BCUT2D eigenvalue weighted by Crippen LogP contribution is 2.44. The van der Waals surface area contributed by atoms with Gasteiger partial charge < -0.3 is 39.7 Å².